The summed E-state index contributed by atoms with van der Waals surface area (Å²) < 4.78 is 4.91. The van der Waals surface area contributed by atoms with E-state index >= 15 is 0 Å². The predicted molar refractivity (Wildman–Crippen MR) is 225 cm³/mol. The van der Waals surface area contributed by atoms with Gasteiger partial charge in [-0.15, -0.1) is 0 Å². The van der Waals surface area contributed by atoms with Crippen LogP contribution in [-0.2, 0) is 0 Å². The average Bonchev–Trinajstić information content (AvgIpc) is 3.73. The zero-order valence-corrected chi connectivity index (χ0v) is 29.1. The van der Waals surface area contributed by atoms with Crippen LogP contribution in [0.3, 0.4) is 0 Å². The maximum Gasteiger partial charge on any atom is 0.0973 e. The van der Waals surface area contributed by atoms with E-state index in [-0.39, 0.29) is 0 Å². The summed E-state index contributed by atoms with van der Waals surface area (Å²) in [4.78, 5) is 10.4. The third-order valence-corrected chi connectivity index (χ3v) is 11.3. The van der Waals surface area contributed by atoms with Crippen LogP contribution < -0.4 is 0 Å². The fraction of sp³-hybridized carbons (Fsp3) is 0. The molecule has 4 heterocycles. The molecular weight excluding hydrogens is 657 g/mol. The van der Waals surface area contributed by atoms with E-state index in [2.05, 4.69) is 161 Å². The zero-order chi connectivity index (χ0) is 35.3. The molecule has 0 amide bonds. The second-order valence-electron chi connectivity index (χ2n) is 14.2. The third kappa shape index (κ3) is 4.08. The molecule has 0 fully saturated rings. The molecule has 4 aromatic heterocycles. The van der Waals surface area contributed by atoms with Crippen LogP contribution in [0.15, 0.2) is 182 Å². The average molecular weight is 687 g/mol. The molecule has 54 heavy (non-hydrogen) atoms. The normalized spacial score (nSPS) is 12.1. The molecular formula is C50H30N4. The van der Waals surface area contributed by atoms with Crippen molar-refractivity contribution in [2.45, 2.75) is 0 Å². The highest BCUT2D eigenvalue weighted by Crippen LogP contribution is 2.44. The van der Waals surface area contributed by atoms with Gasteiger partial charge in [-0.1, -0.05) is 133 Å². The van der Waals surface area contributed by atoms with E-state index < -0.39 is 0 Å². The van der Waals surface area contributed by atoms with E-state index in [0.717, 1.165) is 39.2 Å². The van der Waals surface area contributed by atoms with Gasteiger partial charge in [0.05, 0.1) is 50.0 Å². The van der Waals surface area contributed by atoms with Crippen molar-refractivity contribution in [3.8, 4) is 39.3 Å². The molecule has 0 aliphatic rings. The van der Waals surface area contributed by atoms with Crippen molar-refractivity contribution in [2.75, 3.05) is 0 Å². The summed E-state index contributed by atoms with van der Waals surface area (Å²) in [5.74, 6) is 0. The Kier molecular flexibility index (Phi) is 6.02. The minimum atomic E-state index is 0.869. The number of hydrogen-bond donors (Lipinski definition) is 0. The quantitative estimate of drug-likeness (QED) is 0.185. The molecule has 0 N–H and O–H groups in total. The predicted octanol–water partition coefficient (Wildman–Crippen LogP) is 12.9. The van der Waals surface area contributed by atoms with E-state index in [4.69, 9.17) is 9.97 Å². The van der Waals surface area contributed by atoms with E-state index in [0.29, 0.717) is 0 Å². The van der Waals surface area contributed by atoms with Gasteiger partial charge in [0.25, 0.3) is 0 Å². The number of aromatic nitrogens is 4. The molecule has 0 atom stereocenters. The Hall–Kier alpha value is -7.30. The maximum atomic E-state index is 5.22. The molecule has 0 spiro atoms. The second-order valence-corrected chi connectivity index (χ2v) is 14.2. The van der Waals surface area contributed by atoms with Crippen molar-refractivity contribution in [3.63, 3.8) is 0 Å². The lowest BCUT2D eigenvalue weighted by Crippen LogP contribution is -1.97. The van der Waals surface area contributed by atoms with Crippen LogP contribution in [0.1, 0.15) is 0 Å². The highest BCUT2D eigenvalue weighted by molar-refractivity contribution is 6.31. The smallest absolute Gasteiger partial charge is 0.0973 e. The number of hydrogen-bond acceptors (Lipinski definition) is 2. The molecule has 12 rings (SSSR count). The monoisotopic (exact) mass is 686 g/mol. The summed E-state index contributed by atoms with van der Waals surface area (Å²) in [6, 6.07) is 65.2. The maximum absolute atomic E-state index is 5.22. The lowest BCUT2D eigenvalue weighted by molar-refractivity contribution is 1.18. The van der Waals surface area contributed by atoms with Crippen molar-refractivity contribution < 1.29 is 0 Å². The first-order valence-corrected chi connectivity index (χ1v) is 18.4. The van der Waals surface area contributed by atoms with Gasteiger partial charge in [-0.2, -0.15) is 0 Å². The molecule has 0 bridgehead atoms. The SMILES string of the molecule is c1ccc(-c2ccc(-c3nc4ccccc4nc3-c3ccc(-n4c5cccc6c7cccc8c9ccccc9n(c9cccc4c9c65)c78)cc3)cc2)cc1. The van der Waals surface area contributed by atoms with Crippen LogP contribution in [0, 0.1) is 0 Å². The van der Waals surface area contributed by atoms with Gasteiger partial charge in [-0.05, 0) is 65.0 Å². The molecule has 250 valence electrons. The summed E-state index contributed by atoms with van der Waals surface area (Å²) in [5.41, 5.74) is 15.1. The van der Waals surface area contributed by atoms with Gasteiger partial charge in [0, 0.05) is 43.7 Å². The van der Waals surface area contributed by atoms with Gasteiger partial charge >= 0.3 is 0 Å². The highest BCUT2D eigenvalue weighted by Gasteiger charge is 2.22. The molecule has 0 unspecified atom stereocenters. The number of fused-ring (bicyclic) bond motifs is 6. The molecule has 0 saturated carbocycles. The first-order chi connectivity index (χ1) is 26.8. The van der Waals surface area contributed by atoms with E-state index in [9.17, 15) is 0 Å². The van der Waals surface area contributed by atoms with Crippen molar-refractivity contribution in [1.29, 1.82) is 0 Å². The van der Waals surface area contributed by atoms with Crippen LogP contribution >= 0.6 is 0 Å². The summed E-state index contributed by atoms with van der Waals surface area (Å²) >= 11 is 0. The first kappa shape index (κ1) is 29.3. The zero-order valence-electron chi connectivity index (χ0n) is 29.1. The van der Waals surface area contributed by atoms with Crippen LogP contribution in [0.2, 0.25) is 0 Å². The van der Waals surface area contributed by atoms with Crippen LogP contribution in [-0.4, -0.2) is 18.9 Å². The molecule has 4 nitrogen and oxygen atoms in total. The fourth-order valence-electron chi connectivity index (χ4n) is 8.89. The van der Waals surface area contributed by atoms with Crippen molar-refractivity contribution >= 4 is 70.9 Å². The topological polar surface area (TPSA) is 35.1 Å². The van der Waals surface area contributed by atoms with E-state index in [1.54, 1.807) is 0 Å². The van der Waals surface area contributed by atoms with E-state index in [1.165, 1.54) is 71.0 Å². The second kappa shape index (κ2) is 11.1. The van der Waals surface area contributed by atoms with Crippen LogP contribution in [0.25, 0.3) is 110 Å². The summed E-state index contributed by atoms with van der Waals surface area (Å²) in [6.07, 6.45) is 0. The minimum absolute atomic E-state index is 0.869. The molecule has 8 aromatic carbocycles. The Labute approximate surface area is 310 Å². The Balaban J connectivity index is 1.07. The Bertz CT molecular complexity index is 3410. The lowest BCUT2D eigenvalue weighted by atomic mass is 9.99. The highest BCUT2D eigenvalue weighted by atomic mass is 15.0. The molecule has 0 radical (unpaired) electrons. The van der Waals surface area contributed by atoms with E-state index in [1.807, 2.05) is 30.3 Å². The standard InChI is InChI=1S/C50H30N4/c1-2-11-31(12-3-1)32-23-25-33(26-24-32)48-49(52-41-18-6-5-17-40(41)51-48)34-27-29-35(30-28-34)53-43-20-9-14-37-39-16-8-15-38-36-13-4-7-19-42(36)54(50(38)39)45-22-10-21-44(53)47(45)46(37)43/h1-30H. The molecule has 4 heteroatoms. The van der Waals surface area contributed by atoms with Gasteiger partial charge in [0.2, 0.25) is 0 Å². The summed E-state index contributed by atoms with van der Waals surface area (Å²) in [5, 5.41) is 7.65. The largest absolute Gasteiger partial charge is 0.309 e. The van der Waals surface area contributed by atoms with Crippen molar-refractivity contribution in [2.24, 2.45) is 0 Å². The van der Waals surface area contributed by atoms with Crippen molar-refractivity contribution in [1.82, 2.24) is 18.9 Å². The van der Waals surface area contributed by atoms with Crippen molar-refractivity contribution in [3.05, 3.63) is 182 Å². The third-order valence-electron chi connectivity index (χ3n) is 11.3. The Morgan fingerprint density at radius 2 is 0.796 bits per heavy atom. The van der Waals surface area contributed by atoms with Gasteiger partial charge < -0.3 is 8.97 Å². The number of nitrogens with zero attached hydrogens (tertiary/aromatic N) is 4. The lowest BCUT2D eigenvalue weighted by Gasteiger charge is -2.13. The van der Waals surface area contributed by atoms with Gasteiger partial charge in [-0.25, -0.2) is 9.97 Å². The first-order valence-electron chi connectivity index (χ1n) is 18.4. The summed E-state index contributed by atoms with van der Waals surface area (Å²) in [6.45, 7) is 0. The number of para-hydroxylation sites is 4. The van der Waals surface area contributed by atoms with Crippen LogP contribution in [0.4, 0.5) is 0 Å². The van der Waals surface area contributed by atoms with Gasteiger partial charge in [0.1, 0.15) is 0 Å². The molecule has 0 aliphatic heterocycles. The molecule has 12 aromatic rings. The Morgan fingerprint density at radius 3 is 1.54 bits per heavy atom. The summed E-state index contributed by atoms with van der Waals surface area (Å²) in [7, 11) is 0. The van der Waals surface area contributed by atoms with Crippen LogP contribution in [0.5, 0.6) is 0 Å². The molecule has 0 aliphatic carbocycles. The Morgan fingerprint density at radius 1 is 0.315 bits per heavy atom. The number of rotatable bonds is 4. The molecule has 0 saturated heterocycles. The fourth-order valence-corrected chi connectivity index (χ4v) is 8.89. The van der Waals surface area contributed by atoms with Gasteiger partial charge in [-0.3, -0.25) is 0 Å². The number of benzene rings is 8. The van der Waals surface area contributed by atoms with Gasteiger partial charge in [0.15, 0.2) is 0 Å². The minimum Gasteiger partial charge on any atom is -0.309 e.